The number of hydrogen-bond acceptors (Lipinski definition) is 6. The minimum absolute atomic E-state index is 0.218. The maximum atomic E-state index is 9.63. The first-order chi connectivity index (χ1) is 7.97. The van der Waals surface area contributed by atoms with E-state index in [0.29, 0.717) is 32.0 Å². The summed E-state index contributed by atoms with van der Waals surface area (Å²) in [7, 11) is 0. The average Bonchev–Trinajstić information content (AvgIpc) is 2.73. The van der Waals surface area contributed by atoms with Crippen LogP contribution in [0.15, 0.2) is 10.9 Å². The Balaban J connectivity index is 2.02. The van der Waals surface area contributed by atoms with Crippen molar-refractivity contribution in [3.63, 3.8) is 0 Å². The second-order valence-corrected chi connectivity index (χ2v) is 4.87. The lowest BCUT2D eigenvalue weighted by atomic mass is 10.2. The molecule has 6 nitrogen and oxygen atoms in total. The van der Waals surface area contributed by atoms with Crippen LogP contribution in [0.1, 0.15) is 26.7 Å². The Morgan fingerprint density at radius 2 is 2.29 bits per heavy atom. The summed E-state index contributed by atoms with van der Waals surface area (Å²) in [6.45, 7) is 7.39. The first kappa shape index (κ1) is 14.1. The van der Waals surface area contributed by atoms with E-state index < -0.39 is 6.10 Å². The summed E-state index contributed by atoms with van der Waals surface area (Å²) in [5.74, 6) is 0.595. The first-order valence-corrected chi connectivity index (χ1v) is 5.75. The van der Waals surface area contributed by atoms with Gasteiger partial charge in [-0.05, 0) is 20.8 Å². The van der Waals surface area contributed by atoms with Gasteiger partial charge in [0, 0.05) is 19.5 Å². The van der Waals surface area contributed by atoms with Gasteiger partial charge in [0.05, 0.1) is 18.3 Å². The maximum absolute atomic E-state index is 9.63. The molecule has 0 saturated heterocycles. The normalized spacial score (nSPS) is 13.9. The van der Waals surface area contributed by atoms with Crippen LogP contribution in [-0.2, 0) is 11.2 Å². The Labute approximate surface area is 101 Å². The van der Waals surface area contributed by atoms with E-state index in [9.17, 15) is 5.11 Å². The number of hydrogen-bond donors (Lipinski definition) is 2. The molecule has 0 saturated carbocycles. The number of nitrogens with zero attached hydrogens (tertiary/aromatic N) is 2. The Morgan fingerprint density at radius 1 is 1.53 bits per heavy atom. The average molecular weight is 243 g/mol. The first-order valence-electron chi connectivity index (χ1n) is 5.75. The van der Waals surface area contributed by atoms with Crippen molar-refractivity contribution >= 4 is 0 Å². The highest BCUT2D eigenvalue weighted by Crippen LogP contribution is 2.06. The van der Waals surface area contributed by atoms with Gasteiger partial charge in [0.25, 0.3) is 0 Å². The number of ether oxygens (including phenoxy) is 1. The standard InChI is InChI=1S/C11H21N3O3/c1-11(2,3)16-7-9(15)6-12-5-4-10-13-8-14-17-10/h8-9,12,15H,4-7H2,1-3H3. The van der Waals surface area contributed by atoms with Gasteiger partial charge in [-0.15, -0.1) is 0 Å². The highest BCUT2D eigenvalue weighted by atomic mass is 16.5. The summed E-state index contributed by atoms with van der Waals surface area (Å²) in [5.41, 5.74) is -0.218. The molecule has 2 N–H and O–H groups in total. The summed E-state index contributed by atoms with van der Waals surface area (Å²) in [6.07, 6.45) is 1.53. The highest BCUT2D eigenvalue weighted by molar-refractivity contribution is 4.75. The van der Waals surface area contributed by atoms with Crippen LogP contribution < -0.4 is 5.32 Å². The lowest BCUT2D eigenvalue weighted by Gasteiger charge is -2.22. The molecule has 1 rings (SSSR count). The van der Waals surface area contributed by atoms with Crippen molar-refractivity contribution < 1.29 is 14.4 Å². The van der Waals surface area contributed by atoms with Gasteiger partial charge in [0.15, 0.2) is 6.33 Å². The lowest BCUT2D eigenvalue weighted by Crippen LogP contribution is -2.34. The van der Waals surface area contributed by atoms with Crippen LogP contribution in [0.2, 0.25) is 0 Å². The summed E-state index contributed by atoms with van der Waals surface area (Å²) in [5, 5.41) is 16.2. The Bertz CT molecular complexity index is 295. The Hall–Kier alpha value is -0.980. The largest absolute Gasteiger partial charge is 0.389 e. The van der Waals surface area contributed by atoms with Crippen molar-refractivity contribution in [2.45, 2.75) is 38.9 Å². The van der Waals surface area contributed by atoms with Crippen LogP contribution in [-0.4, -0.2) is 46.6 Å². The Morgan fingerprint density at radius 3 is 2.88 bits per heavy atom. The van der Waals surface area contributed by atoms with Crippen molar-refractivity contribution in [2.75, 3.05) is 19.7 Å². The summed E-state index contributed by atoms with van der Waals surface area (Å²) in [6, 6.07) is 0. The fourth-order valence-electron chi connectivity index (χ4n) is 1.18. The van der Waals surface area contributed by atoms with Crippen molar-refractivity contribution in [2.24, 2.45) is 0 Å². The SMILES string of the molecule is CC(C)(C)OCC(O)CNCCc1ncno1. The smallest absolute Gasteiger partial charge is 0.227 e. The summed E-state index contributed by atoms with van der Waals surface area (Å²) >= 11 is 0. The van der Waals surface area contributed by atoms with E-state index in [4.69, 9.17) is 9.26 Å². The van der Waals surface area contributed by atoms with Gasteiger partial charge in [0.1, 0.15) is 0 Å². The minimum Gasteiger partial charge on any atom is -0.389 e. The zero-order chi connectivity index (χ0) is 12.7. The molecule has 0 amide bonds. The monoisotopic (exact) mass is 243 g/mol. The molecule has 98 valence electrons. The molecular formula is C11H21N3O3. The number of nitrogens with one attached hydrogen (secondary N) is 1. The third-order valence-corrected chi connectivity index (χ3v) is 2.01. The molecule has 0 aliphatic carbocycles. The quantitative estimate of drug-likeness (QED) is 0.674. The van der Waals surface area contributed by atoms with Gasteiger partial charge < -0.3 is 19.7 Å². The van der Waals surface area contributed by atoms with E-state index in [0.717, 1.165) is 0 Å². The second kappa shape index (κ2) is 6.68. The van der Waals surface area contributed by atoms with Crippen molar-refractivity contribution in [1.82, 2.24) is 15.5 Å². The molecule has 1 atom stereocenters. The molecule has 0 aromatic carbocycles. The van der Waals surface area contributed by atoms with Crippen molar-refractivity contribution in [1.29, 1.82) is 0 Å². The molecule has 17 heavy (non-hydrogen) atoms. The summed E-state index contributed by atoms with van der Waals surface area (Å²) < 4.78 is 10.3. The van der Waals surface area contributed by atoms with E-state index in [1.165, 1.54) is 6.33 Å². The van der Waals surface area contributed by atoms with Crippen LogP contribution in [0.25, 0.3) is 0 Å². The van der Waals surface area contributed by atoms with Gasteiger partial charge in [-0.25, -0.2) is 0 Å². The highest BCUT2D eigenvalue weighted by Gasteiger charge is 2.13. The van der Waals surface area contributed by atoms with E-state index in [-0.39, 0.29) is 5.60 Å². The Kier molecular flexibility index (Phi) is 5.54. The van der Waals surface area contributed by atoms with E-state index in [2.05, 4.69) is 15.5 Å². The molecule has 1 aromatic rings. The van der Waals surface area contributed by atoms with Gasteiger partial charge in [0.2, 0.25) is 5.89 Å². The summed E-state index contributed by atoms with van der Waals surface area (Å²) in [4.78, 5) is 3.90. The molecule has 0 aliphatic rings. The second-order valence-electron chi connectivity index (χ2n) is 4.87. The molecular weight excluding hydrogens is 222 g/mol. The van der Waals surface area contributed by atoms with Gasteiger partial charge >= 0.3 is 0 Å². The number of rotatable bonds is 7. The fraction of sp³-hybridized carbons (Fsp3) is 0.818. The molecule has 0 fully saturated rings. The maximum Gasteiger partial charge on any atom is 0.227 e. The van der Waals surface area contributed by atoms with Crippen LogP contribution in [0.3, 0.4) is 0 Å². The number of aliphatic hydroxyl groups excluding tert-OH is 1. The molecule has 1 unspecified atom stereocenters. The third kappa shape index (κ3) is 7.04. The van der Waals surface area contributed by atoms with Gasteiger partial charge in [-0.3, -0.25) is 0 Å². The van der Waals surface area contributed by atoms with Crippen LogP contribution in [0, 0.1) is 0 Å². The van der Waals surface area contributed by atoms with Crippen LogP contribution in [0.5, 0.6) is 0 Å². The zero-order valence-electron chi connectivity index (χ0n) is 10.6. The van der Waals surface area contributed by atoms with Crippen molar-refractivity contribution in [3.05, 3.63) is 12.2 Å². The number of aromatic nitrogens is 2. The predicted molar refractivity (Wildman–Crippen MR) is 62.6 cm³/mol. The van der Waals surface area contributed by atoms with Crippen LogP contribution >= 0.6 is 0 Å². The minimum atomic E-state index is -0.503. The van der Waals surface area contributed by atoms with Crippen LogP contribution in [0.4, 0.5) is 0 Å². The molecule has 0 spiro atoms. The molecule has 0 aliphatic heterocycles. The molecule has 6 heteroatoms. The van der Waals surface area contributed by atoms with Gasteiger partial charge in [-0.2, -0.15) is 4.98 Å². The van der Waals surface area contributed by atoms with Crippen molar-refractivity contribution in [3.8, 4) is 0 Å². The number of aliphatic hydroxyl groups is 1. The molecule has 0 radical (unpaired) electrons. The van der Waals surface area contributed by atoms with E-state index >= 15 is 0 Å². The zero-order valence-corrected chi connectivity index (χ0v) is 10.6. The van der Waals surface area contributed by atoms with E-state index in [1.807, 2.05) is 20.8 Å². The fourth-order valence-corrected chi connectivity index (χ4v) is 1.18. The molecule has 0 bridgehead atoms. The van der Waals surface area contributed by atoms with E-state index in [1.54, 1.807) is 0 Å². The lowest BCUT2D eigenvalue weighted by molar-refractivity contribution is -0.0478. The third-order valence-electron chi connectivity index (χ3n) is 2.01. The molecule has 1 aromatic heterocycles. The predicted octanol–water partition coefficient (Wildman–Crippen LogP) is 0.378. The molecule has 1 heterocycles. The topological polar surface area (TPSA) is 80.4 Å². The van der Waals surface area contributed by atoms with Gasteiger partial charge in [-0.1, -0.05) is 5.16 Å².